The van der Waals surface area contributed by atoms with Crippen LogP contribution in [-0.4, -0.2) is 24.4 Å². The van der Waals surface area contributed by atoms with Crippen molar-refractivity contribution in [2.24, 2.45) is 0 Å². The Kier molecular flexibility index (Phi) is 4.30. The number of carbonyl (C=O) groups is 1. The summed E-state index contributed by atoms with van der Waals surface area (Å²) in [5.74, 6) is -0.250. The van der Waals surface area contributed by atoms with Crippen LogP contribution in [0.2, 0.25) is 0 Å². The third kappa shape index (κ3) is 3.00. The largest absolute Gasteiger partial charge is 0.497 e. The van der Waals surface area contributed by atoms with Crippen LogP contribution in [0.3, 0.4) is 0 Å². The molecular formula is C14H17ClFNO2. The molecule has 0 atom stereocenters. The van der Waals surface area contributed by atoms with Gasteiger partial charge in [0.25, 0.3) is 5.91 Å². The molecule has 0 aromatic heterocycles. The number of nitrogens with one attached hydrogen (secondary N) is 1. The predicted molar refractivity (Wildman–Crippen MR) is 72.3 cm³/mol. The van der Waals surface area contributed by atoms with E-state index in [4.69, 9.17) is 16.3 Å². The van der Waals surface area contributed by atoms with E-state index in [2.05, 4.69) is 5.32 Å². The number of alkyl halides is 1. The molecule has 0 radical (unpaired) electrons. The number of benzene rings is 1. The number of hydrogen-bond donors (Lipinski definition) is 1. The SMILES string of the molecule is COc1ccc(C(=O)NC2(CCl)CCCC2)c(F)c1. The molecule has 19 heavy (non-hydrogen) atoms. The molecule has 1 saturated carbocycles. The first-order valence-corrected chi connectivity index (χ1v) is 6.86. The lowest BCUT2D eigenvalue weighted by Gasteiger charge is -2.27. The lowest BCUT2D eigenvalue weighted by molar-refractivity contribution is 0.0905. The van der Waals surface area contributed by atoms with Crippen LogP contribution in [0.15, 0.2) is 18.2 Å². The molecule has 1 N–H and O–H groups in total. The molecule has 1 aliphatic rings. The van der Waals surface area contributed by atoms with E-state index in [1.54, 1.807) is 6.07 Å². The number of rotatable bonds is 4. The van der Waals surface area contributed by atoms with Gasteiger partial charge >= 0.3 is 0 Å². The van der Waals surface area contributed by atoms with Gasteiger partial charge in [-0.2, -0.15) is 0 Å². The Bertz CT molecular complexity index is 473. The average molecular weight is 286 g/mol. The molecule has 3 nitrogen and oxygen atoms in total. The average Bonchev–Trinajstić information content (AvgIpc) is 2.87. The minimum Gasteiger partial charge on any atom is -0.497 e. The zero-order valence-corrected chi connectivity index (χ0v) is 11.6. The summed E-state index contributed by atoms with van der Waals surface area (Å²) in [6.45, 7) is 0. The minimum atomic E-state index is -0.584. The highest BCUT2D eigenvalue weighted by Gasteiger charge is 2.35. The number of carbonyl (C=O) groups excluding carboxylic acids is 1. The van der Waals surface area contributed by atoms with Crippen LogP contribution in [0.1, 0.15) is 36.0 Å². The van der Waals surface area contributed by atoms with Crippen molar-refractivity contribution >= 4 is 17.5 Å². The van der Waals surface area contributed by atoms with Crippen molar-refractivity contribution in [3.8, 4) is 5.75 Å². The van der Waals surface area contributed by atoms with Crippen LogP contribution in [0.4, 0.5) is 4.39 Å². The fourth-order valence-electron chi connectivity index (χ4n) is 2.46. The molecule has 1 fully saturated rings. The maximum absolute atomic E-state index is 13.8. The summed E-state index contributed by atoms with van der Waals surface area (Å²) in [6, 6.07) is 4.21. The summed E-state index contributed by atoms with van der Waals surface area (Å²) in [5.41, 5.74) is -0.359. The summed E-state index contributed by atoms with van der Waals surface area (Å²) in [6.07, 6.45) is 3.77. The number of ether oxygens (including phenoxy) is 1. The molecular weight excluding hydrogens is 269 g/mol. The maximum atomic E-state index is 13.8. The van der Waals surface area contributed by atoms with E-state index >= 15 is 0 Å². The lowest BCUT2D eigenvalue weighted by Crippen LogP contribution is -2.48. The second kappa shape index (κ2) is 5.78. The smallest absolute Gasteiger partial charge is 0.254 e. The van der Waals surface area contributed by atoms with Gasteiger partial charge in [0.1, 0.15) is 11.6 Å². The number of halogens is 2. The van der Waals surface area contributed by atoms with E-state index in [0.29, 0.717) is 11.6 Å². The Morgan fingerprint density at radius 1 is 1.47 bits per heavy atom. The van der Waals surface area contributed by atoms with Gasteiger partial charge in [-0.3, -0.25) is 4.79 Å². The van der Waals surface area contributed by atoms with E-state index in [-0.39, 0.29) is 11.1 Å². The minimum absolute atomic E-state index is 0.0252. The molecule has 5 heteroatoms. The highest BCUT2D eigenvalue weighted by molar-refractivity contribution is 6.19. The second-order valence-electron chi connectivity index (χ2n) is 4.92. The van der Waals surface area contributed by atoms with Crippen molar-refractivity contribution in [1.29, 1.82) is 0 Å². The van der Waals surface area contributed by atoms with E-state index < -0.39 is 11.7 Å². The monoisotopic (exact) mass is 285 g/mol. The van der Waals surface area contributed by atoms with E-state index in [0.717, 1.165) is 25.7 Å². The van der Waals surface area contributed by atoms with Gasteiger partial charge in [-0.25, -0.2) is 4.39 Å². The van der Waals surface area contributed by atoms with Crippen LogP contribution < -0.4 is 10.1 Å². The maximum Gasteiger partial charge on any atom is 0.254 e. The first-order chi connectivity index (χ1) is 9.10. The van der Waals surface area contributed by atoms with Crippen molar-refractivity contribution in [3.05, 3.63) is 29.6 Å². The Hall–Kier alpha value is -1.29. The zero-order valence-electron chi connectivity index (χ0n) is 10.8. The first-order valence-electron chi connectivity index (χ1n) is 6.32. The van der Waals surface area contributed by atoms with Crippen LogP contribution >= 0.6 is 11.6 Å². The van der Waals surface area contributed by atoms with Crippen molar-refractivity contribution in [2.75, 3.05) is 13.0 Å². The summed E-state index contributed by atoms with van der Waals surface area (Å²) < 4.78 is 18.7. The Balaban J connectivity index is 2.15. The molecule has 0 heterocycles. The van der Waals surface area contributed by atoms with Gasteiger partial charge in [0, 0.05) is 11.9 Å². The van der Waals surface area contributed by atoms with Gasteiger partial charge < -0.3 is 10.1 Å². The van der Waals surface area contributed by atoms with Crippen molar-refractivity contribution < 1.29 is 13.9 Å². The van der Waals surface area contributed by atoms with Crippen LogP contribution in [-0.2, 0) is 0 Å². The highest BCUT2D eigenvalue weighted by Crippen LogP contribution is 2.31. The molecule has 1 aromatic carbocycles. The van der Waals surface area contributed by atoms with Gasteiger partial charge in [-0.15, -0.1) is 11.6 Å². The Labute approximate surface area is 117 Å². The fourth-order valence-corrected chi connectivity index (χ4v) is 2.79. The number of methoxy groups -OCH3 is 1. The lowest BCUT2D eigenvalue weighted by atomic mass is 9.99. The summed E-state index contributed by atoms with van der Waals surface area (Å²) in [7, 11) is 1.45. The molecule has 104 valence electrons. The quantitative estimate of drug-likeness (QED) is 0.863. The molecule has 0 spiro atoms. The van der Waals surface area contributed by atoms with Gasteiger partial charge in [0.15, 0.2) is 0 Å². The standard InChI is InChI=1S/C14H17ClFNO2/c1-19-10-4-5-11(12(16)8-10)13(18)17-14(9-15)6-2-3-7-14/h4-5,8H,2-3,6-7,9H2,1H3,(H,17,18). The molecule has 0 unspecified atom stereocenters. The van der Waals surface area contributed by atoms with Gasteiger partial charge in [0.2, 0.25) is 0 Å². The summed E-state index contributed by atoms with van der Waals surface area (Å²) in [5, 5.41) is 2.88. The van der Waals surface area contributed by atoms with Crippen LogP contribution in [0.25, 0.3) is 0 Å². The van der Waals surface area contributed by atoms with Crippen molar-refractivity contribution in [2.45, 2.75) is 31.2 Å². The third-order valence-corrected chi connectivity index (χ3v) is 4.13. The third-order valence-electron chi connectivity index (χ3n) is 3.62. The summed E-state index contributed by atoms with van der Waals surface area (Å²) in [4.78, 5) is 12.1. The molecule has 0 bridgehead atoms. The zero-order chi connectivity index (χ0) is 13.9. The van der Waals surface area contributed by atoms with E-state index in [1.807, 2.05) is 0 Å². The number of hydrogen-bond acceptors (Lipinski definition) is 2. The Morgan fingerprint density at radius 3 is 2.68 bits per heavy atom. The van der Waals surface area contributed by atoms with E-state index in [1.165, 1.54) is 19.2 Å². The van der Waals surface area contributed by atoms with Crippen LogP contribution in [0.5, 0.6) is 5.75 Å². The van der Waals surface area contributed by atoms with Gasteiger partial charge in [0.05, 0.1) is 18.2 Å². The molecule has 1 aromatic rings. The van der Waals surface area contributed by atoms with Crippen molar-refractivity contribution in [3.63, 3.8) is 0 Å². The normalized spacial score (nSPS) is 17.2. The molecule has 2 rings (SSSR count). The molecule has 1 aliphatic carbocycles. The predicted octanol–water partition coefficient (Wildman–Crippen LogP) is 3.12. The second-order valence-corrected chi connectivity index (χ2v) is 5.19. The summed E-state index contributed by atoms with van der Waals surface area (Å²) >= 11 is 5.96. The highest BCUT2D eigenvalue weighted by atomic mass is 35.5. The molecule has 0 saturated heterocycles. The van der Waals surface area contributed by atoms with Crippen molar-refractivity contribution in [1.82, 2.24) is 5.32 Å². The van der Waals surface area contributed by atoms with Gasteiger partial charge in [-0.1, -0.05) is 12.8 Å². The Morgan fingerprint density at radius 2 is 2.16 bits per heavy atom. The van der Waals surface area contributed by atoms with Gasteiger partial charge in [-0.05, 0) is 25.0 Å². The van der Waals surface area contributed by atoms with E-state index in [9.17, 15) is 9.18 Å². The molecule has 1 amide bonds. The van der Waals surface area contributed by atoms with Crippen LogP contribution in [0, 0.1) is 5.82 Å². The number of amides is 1. The fraction of sp³-hybridized carbons (Fsp3) is 0.500. The first kappa shape index (κ1) is 14.1. The molecule has 0 aliphatic heterocycles. The topological polar surface area (TPSA) is 38.3 Å².